The number of aliphatic hydroxyl groups is 2. The van der Waals surface area contributed by atoms with Crippen LogP contribution in [0, 0.1) is 0 Å². The Kier molecular flexibility index (Phi) is 9.12. The first-order valence-electron chi connectivity index (χ1n) is 9.70. The van der Waals surface area contributed by atoms with Crippen LogP contribution in [0.25, 0.3) is 0 Å². The number of allylic oxidation sites excluding steroid dienone is 3. The van der Waals surface area contributed by atoms with Gasteiger partial charge in [0.25, 0.3) is 0 Å². The maximum atomic E-state index is 10.0. The van der Waals surface area contributed by atoms with Crippen LogP contribution < -0.4 is 11.5 Å². The standard InChI is InChI=1S/C21H31ClN2O4/c1-2-3-8-27-21(24)7-5-16(23)10-15-9-14(4-6-19(15)22)20-12-17(26)11-18(13-25)28-20/h4-7,9,17-18,20,25-26H,2-3,8,10-13,23-24H2,1H3/b16-5-,21-7+. The fourth-order valence-electron chi connectivity index (χ4n) is 3.10. The van der Waals surface area contributed by atoms with Crippen molar-refractivity contribution in [1.29, 1.82) is 0 Å². The molecule has 6 nitrogen and oxygen atoms in total. The summed E-state index contributed by atoms with van der Waals surface area (Å²) in [4.78, 5) is 0. The monoisotopic (exact) mass is 410 g/mol. The number of benzene rings is 1. The molecule has 1 aliphatic heterocycles. The van der Waals surface area contributed by atoms with Crippen molar-refractivity contribution in [1.82, 2.24) is 0 Å². The molecule has 1 saturated heterocycles. The summed E-state index contributed by atoms with van der Waals surface area (Å²) in [6.45, 7) is 2.56. The smallest absolute Gasteiger partial charge is 0.183 e. The second kappa shape index (κ2) is 11.3. The molecule has 7 heteroatoms. The van der Waals surface area contributed by atoms with E-state index in [-0.39, 0.29) is 18.8 Å². The molecule has 2 rings (SSSR count). The van der Waals surface area contributed by atoms with E-state index in [4.69, 9.17) is 32.5 Å². The van der Waals surface area contributed by atoms with Crippen LogP contribution in [0.1, 0.15) is 49.8 Å². The highest BCUT2D eigenvalue weighted by Crippen LogP contribution is 2.33. The maximum absolute atomic E-state index is 10.0. The van der Waals surface area contributed by atoms with Crippen molar-refractivity contribution in [2.45, 2.75) is 57.3 Å². The zero-order valence-electron chi connectivity index (χ0n) is 16.3. The van der Waals surface area contributed by atoms with Crippen molar-refractivity contribution >= 4 is 11.6 Å². The second-order valence-corrected chi connectivity index (χ2v) is 7.50. The Morgan fingerprint density at radius 3 is 2.82 bits per heavy atom. The van der Waals surface area contributed by atoms with Gasteiger partial charge in [0.1, 0.15) is 0 Å². The van der Waals surface area contributed by atoms with E-state index in [0.29, 0.717) is 42.5 Å². The average molecular weight is 411 g/mol. The van der Waals surface area contributed by atoms with Gasteiger partial charge in [0.05, 0.1) is 31.5 Å². The molecule has 0 radical (unpaired) electrons. The number of unbranched alkanes of at least 4 members (excludes halogenated alkanes) is 1. The van der Waals surface area contributed by atoms with Crippen LogP contribution in [0.5, 0.6) is 0 Å². The molecule has 0 spiro atoms. The van der Waals surface area contributed by atoms with Crippen molar-refractivity contribution in [3.8, 4) is 0 Å². The van der Waals surface area contributed by atoms with Gasteiger partial charge in [-0.2, -0.15) is 0 Å². The summed E-state index contributed by atoms with van der Waals surface area (Å²) in [5.41, 5.74) is 14.3. The molecule has 0 amide bonds. The molecule has 3 atom stereocenters. The predicted octanol–water partition coefficient (Wildman–Crippen LogP) is 2.92. The third-order valence-electron chi connectivity index (χ3n) is 4.65. The highest BCUT2D eigenvalue weighted by molar-refractivity contribution is 6.31. The van der Waals surface area contributed by atoms with E-state index in [2.05, 4.69) is 6.92 Å². The molecule has 0 saturated carbocycles. The molecule has 1 aromatic carbocycles. The van der Waals surface area contributed by atoms with Crippen molar-refractivity contribution in [2.24, 2.45) is 11.5 Å². The van der Waals surface area contributed by atoms with Gasteiger partial charge in [-0.3, -0.25) is 0 Å². The maximum Gasteiger partial charge on any atom is 0.183 e. The molecular weight excluding hydrogens is 380 g/mol. The second-order valence-electron chi connectivity index (χ2n) is 7.09. The average Bonchev–Trinajstić information content (AvgIpc) is 2.67. The van der Waals surface area contributed by atoms with Gasteiger partial charge in [-0.05, 0) is 35.8 Å². The summed E-state index contributed by atoms with van der Waals surface area (Å²) in [5.74, 6) is 0.330. The summed E-state index contributed by atoms with van der Waals surface area (Å²) in [5, 5.41) is 20.0. The van der Waals surface area contributed by atoms with Crippen LogP contribution in [0.3, 0.4) is 0 Å². The van der Waals surface area contributed by atoms with Gasteiger partial charge >= 0.3 is 0 Å². The Labute approximate surface area is 171 Å². The van der Waals surface area contributed by atoms with Gasteiger partial charge < -0.3 is 31.2 Å². The lowest BCUT2D eigenvalue weighted by Crippen LogP contribution is -2.33. The van der Waals surface area contributed by atoms with Crippen molar-refractivity contribution in [3.63, 3.8) is 0 Å². The van der Waals surface area contributed by atoms with Gasteiger partial charge in [0.2, 0.25) is 0 Å². The van der Waals surface area contributed by atoms with Crippen molar-refractivity contribution in [3.05, 3.63) is 58.1 Å². The Balaban J connectivity index is 2.06. The SMILES string of the molecule is CCCCO/C(N)=C/C=C(\N)Cc1cc(C2CC(O)CC(CO)O2)ccc1Cl. The fraction of sp³-hybridized carbons (Fsp3) is 0.524. The zero-order chi connectivity index (χ0) is 20.5. The minimum Gasteiger partial charge on any atom is -0.479 e. The number of hydrogen-bond donors (Lipinski definition) is 4. The largest absolute Gasteiger partial charge is 0.479 e. The first-order chi connectivity index (χ1) is 13.4. The van der Waals surface area contributed by atoms with Crippen LogP contribution >= 0.6 is 11.6 Å². The van der Waals surface area contributed by atoms with Crippen molar-refractivity contribution in [2.75, 3.05) is 13.2 Å². The van der Waals surface area contributed by atoms with E-state index >= 15 is 0 Å². The van der Waals surface area contributed by atoms with Gasteiger partial charge in [0.15, 0.2) is 5.88 Å². The normalized spacial score (nSPS) is 23.6. The fourth-order valence-corrected chi connectivity index (χ4v) is 3.29. The van der Waals surface area contributed by atoms with Gasteiger partial charge in [-0.15, -0.1) is 0 Å². The van der Waals surface area contributed by atoms with Gasteiger partial charge in [-0.25, -0.2) is 0 Å². The van der Waals surface area contributed by atoms with E-state index in [0.717, 1.165) is 24.0 Å². The Hall–Kier alpha value is -1.73. The molecular formula is C21H31ClN2O4. The molecule has 1 aromatic rings. The van der Waals surface area contributed by atoms with E-state index in [9.17, 15) is 10.2 Å². The van der Waals surface area contributed by atoms with Crippen LogP contribution in [0.2, 0.25) is 5.02 Å². The Bertz CT molecular complexity index is 693. The summed E-state index contributed by atoms with van der Waals surface area (Å²) in [6, 6.07) is 5.61. The Morgan fingerprint density at radius 1 is 1.32 bits per heavy atom. The number of ether oxygens (including phenoxy) is 2. The van der Waals surface area contributed by atoms with Gasteiger partial charge in [0, 0.05) is 30.0 Å². The molecule has 0 aromatic heterocycles. The van der Waals surface area contributed by atoms with Crippen LogP contribution in [0.15, 0.2) is 41.9 Å². The number of halogens is 1. The number of hydrogen-bond acceptors (Lipinski definition) is 6. The minimum absolute atomic E-state index is 0.113. The lowest BCUT2D eigenvalue weighted by molar-refractivity contribution is -0.113. The van der Waals surface area contributed by atoms with E-state index in [1.165, 1.54) is 0 Å². The molecule has 1 heterocycles. The highest BCUT2D eigenvalue weighted by atomic mass is 35.5. The predicted molar refractivity (Wildman–Crippen MR) is 110 cm³/mol. The lowest BCUT2D eigenvalue weighted by Gasteiger charge is -2.32. The number of nitrogens with two attached hydrogens (primary N) is 2. The van der Waals surface area contributed by atoms with Crippen LogP contribution in [-0.4, -0.2) is 35.6 Å². The van der Waals surface area contributed by atoms with Crippen molar-refractivity contribution < 1.29 is 19.7 Å². The molecule has 6 N–H and O–H groups in total. The minimum atomic E-state index is -0.499. The highest BCUT2D eigenvalue weighted by Gasteiger charge is 2.29. The molecule has 156 valence electrons. The topological polar surface area (TPSA) is 111 Å². The summed E-state index contributed by atoms with van der Waals surface area (Å²) in [6.07, 6.45) is 5.58. The Morgan fingerprint density at radius 2 is 2.11 bits per heavy atom. The zero-order valence-corrected chi connectivity index (χ0v) is 17.1. The third kappa shape index (κ3) is 7.02. The molecule has 0 aliphatic carbocycles. The lowest BCUT2D eigenvalue weighted by atomic mass is 9.94. The third-order valence-corrected chi connectivity index (χ3v) is 5.01. The molecule has 3 unspecified atom stereocenters. The summed E-state index contributed by atoms with van der Waals surface area (Å²) >= 11 is 6.33. The van der Waals surface area contributed by atoms with E-state index in [1.54, 1.807) is 18.2 Å². The quantitative estimate of drug-likeness (QED) is 0.283. The molecule has 28 heavy (non-hydrogen) atoms. The molecule has 1 aliphatic rings. The first-order valence-corrected chi connectivity index (χ1v) is 10.1. The molecule has 1 fully saturated rings. The molecule has 0 bridgehead atoms. The number of rotatable bonds is 9. The van der Waals surface area contributed by atoms with E-state index in [1.807, 2.05) is 12.1 Å². The summed E-state index contributed by atoms with van der Waals surface area (Å²) in [7, 11) is 0. The van der Waals surface area contributed by atoms with Crippen LogP contribution in [-0.2, 0) is 15.9 Å². The van der Waals surface area contributed by atoms with Gasteiger partial charge in [-0.1, -0.05) is 37.1 Å². The summed E-state index contributed by atoms with van der Waals surface area (Å²) < 4.78 is 11.3. The first kappa shape index (κ1) is 22.6. The van der Waals surface area contributed by atoms with Crippen LogP contribution in [0.4, 0.5) is 0 Å². The number of aliphatic hydroxyl groups excluding tert-OH is 2. The van der Waals surface area contributed by atoms with E-state index < -0.39 is 6.10 Å².